The minimum atomic E-state index is -0.465. The lowest BCUT2D eigenvalue weighted by Crippen LogP contribution is -2.38. The molecular weight excluding hydrogens is 398 g/mol. The molecule has 2 aromatic rings. The maximum atomic E-state index is 12.4. The fourth-order valence-electron chi connectivity index (χ4n) is 3.38. The summed E-state index contributed by atoms with van der Waals surface area (Å²) in [6.45, 7) is 2.64. The highest BCUT2D eigenvalue weighted by atomic mass is 16.5. The van der Waals surface area contributed by atoms with E-state index in [1.807, 2.05) is 30.3 Å². The van der Waals surface area contributed by atoms with Crippen LogP contribution < -0.4 is 15.4 Å². The van der Waals surface area contributed by atoms with Crippen molar-refractivity contribution in [3.8, 4) is 5.75 Å². The van der Waals surface area contributed by atoms with E-state index in [4.69, 9.17) is 4.74 Å². The summed E-state index contributed by atoms with van der Waals surface area (Å²) in [6.07, 6.45) is 0.188. The van der Waals surface area contributed by atoms with E-state index in [1.54, 1.807) is 23.1 Å². The van der Waals surface area contributed by atoms with Crippen LogP contribution in [0.5, 0.6) is 5.75 Å². The van der Waals surface area contributed by atoms with E-state index >= 15 is 0 Å². The molecule has 8 heteroatoms. The third-order valence-corrected chi connectivity index (χ3v) is 4.87. The van der Waals surface area contributed by atoms with Crippen LogP contribution in [0.15, 0.2) is 54.6 Å². The summed E-state index contributed by atoms with van der Waals surface area (Å²) in [7, 11) is 0. The second-order valence-electron chi connectivity index (χ2n) is 7.33. The number of benzene rings is 2. The maximum absolute atomic E-state index is 12.4. The molecule has 31 heavy (non-hydrogen) atoms. The van der Waals surface area contributed by atoms with Crippen LogP contribution in [0, 0.1) is 5.92 Å². The Labute approximate surface area is 180 Å². The van der Waals surface area contributed by atoms with E-state index in [0.29, 0.717) is 24.4 Å². The molecule has 0 radical (unpaired) electrons. The number of ether oxygens (including phenoxy) is 1. The van der Waals surface area contributed by atoms with E-state index < -0.39 is 11.9 Å². The van der Waals surface area contributed by atoms with Gasteiger partial charge in [0, 0.05) is 45.1 Å². The monoisotopic (exact) mass is 423 g/mol. The predicted molar refractivity (Wildman–Crippen MR) is 113 cm³/mol. The van der Waals surface area contributed by atoms with E-state index in [-0.39, 0.29) is 37.2 Å². The van der Waals surface area contributed by atoms with Crippen molar-refractivity contribution in [2.75, 3.05) is 19.6 Å². The Balaban J connectivity index is 1.41. The summed E-state index contributed by atoms with van der Waals surface area (Å²) in [4.78, 5) is 49.6. The van der Waals surface area contributed by atoms with Crippen molar-refractivity contribution in [3.63, 3.8) is 0 Å². The average molecular weight is 423 g/mol. The molecule has 1 heterocycles. The molecule has 1 aliphatic rings. The van der Waals surface area contributed by atoms with Gasteiger partial charge in [0.1, 0.15) is 5.75 Å². The molecule has 3 amide bonds. The number of esters is 1. The number of rotatable bonds is 8. The van der Waals surface area contributed by atoms with E-state index in [2.05, 4.69) is 10.6 Å². The number of amides is 3. The molecule has 2 aromatic carbocycles. The summed E-state index contributed by atoms with van der Waals surface area (Å²) < 4.78 is 4.97. The van der Waals surface area contributed by atoms with Crippen molar-refractivity contribution in [2.45, 2.75) is 19.9 Å². The van der Waals surface area contributed by atoms with Gasteiger partial charge in [0.25, 0.3) is 5.91 Å². The first kappa shape index (κ1) is 22.0. The van der Waals surface area contributed by atoms with Gasteiger partial charge in [-0.05, 0) is 23.8 Å². The summed E-state index contributed by atoms with van der Waals surface area (Å²) in [5.74, 6) is -1.15. The maximum Gasteiger partial charge on any atom is 0.308 e. The van der Waals surface area contributed by atoms with Crippen molar-refractivity contribution in [3.05, 3.63) is 65.7 Å². The second-order valence-corrected chi connectivity index (χ2v) is 7.33. The zero-order chi connectivity index (χ0) is 22.2. The molecule has 0 aliphatic carbocycles. The van der Waals surface area contributed by atoms with Gasteiger partial charge in [-0.2, -0.15) is 0 Å². The molecule has 3 rings (SSSR count). The Kier molecular flexibility index (Phi) is 7.37. The Morgan fingerprint density at radius 2 is 1.77 bits per heavy atom. The van der Waals surface area contributed by atoms with Gasteiger partial charge in [-0.3, -0.25) is 19.2 Å². The van der Waals surface area contributed by atoms with Crippen molar-refractivity contribution in [2.24, 2.45) is 5.92 Å². The standard InChI is InChI=1S/C23H25N3O5/c1-16(27)31-20-9-5-8-18(12-20)22(29)24-10-11-25-23(30)19-13-21(28)26(15-19)14-17-6-3-2-4-7-17/h2-9,12,19H,10-11,13-15H2,1H3,(H,24,29)(H,25,30). The van der Waals surface area contributed by atoms with Crippen LogP contribution in [0.2, 0.25) is 0 Å². The fraction of sp³-hybridized carbons (Fsp3) is 0.304. The summed E-state index contributed by atoms with van der Waals surface area (Å²) >= 11 is 0. The molecule has 2 N–H and O–H groups in total. The highest BCUT2D eigenvalue weighted by Crippen LogP contribution is 2.20. The molecule has 0 aromatic heterocycles. The normalized spacial score (nSPS) is 15.5. The zero-order valence-electron chi connectivity index (χ0n) is 17.3. The predicted octanol–water partition coefficient (Wildman–Crippen LogP) is 1.51. The molecule has 0 saturated carbocycles. The summed E-state index contributed by atoms with van der Waals surface area (Å²) in [6, 6.07) is 15.9. The quantitative estimate of drug-likeness (QED) is 0.380. The van der Waals surface area contributed by atoms with Gasteiger partial charge in [-0.1, -0.05) is 36.4 Å². The lowest BCUT2D eigenvalue weighted by Gasteiger charge is -2.16. The highest BCUT2D eigenvalue weighted by molar-refractivity contribution is 5.94. The second kappa shape index (κ2) is 10.4. The van der Waals surface area contributed by atoms with Gasteiger partial charge in [-0.25, -0.2) is 0 Å². The lowest BCUT2D eigenvalue weighted by atomic mass is 10.1. The van der Waals surface area contributed by atoms with Crippen molar-refractivity contribution < 1.29 is 23.9 Å². The molecule has 1 unspecified atom stereocenters. The first-order valence-electron chi connectivity index (χ1n) is 10.1. The van der Waals surface area contributed by atoms with Crippen molar-refractivity contribution in [1.82, 2.24) is 15.5 Å². The SMILES string of the molecule is CC(=O)Oc1cccc(C(=O)NCCNC(=O)C2CC(=O)N(Cc3ccccc3)C2)c1. The molecule has 162 valence electrons. The van der Waals surface area contributed by atoms with Crippen LogP contribution in [0.1, 0.15) is 29.3 Å². The molecule has 1 atom stereocenters. The number of nitrogens with one attached hydrogen (secondary N) is 2. The number of hydrogen-bond donors (Lipinski definition) is 2. The largest absolute Gasteiger partial charge is 0.427 e. The van der Waals surface area contributed by atoms with Crippen LogP contribution in [-0.2, 0) is 20.9 Å². The van der Waals surface area contributed by atoms with Gasteiger partial charge < -0.3 is 20.3 Å². The number of nitrogens with zero attached hydrogens (tertiary/aromatic N) is 1. The minimum absolute atomic E-state index is 0.0371. The summed E-state index contributed by atoms with van der Waals surface area (Å²) in [5.41, 5.74) is 1.38. The molecule has 1 fully saturated rings. The van der Waals surface area contributed by atoms with Crippen LogP contribution >= 0.6 is 0 Å². The van der Waals surface area contributed by atoms with Crippen LogP contribution in [0.4, 0.5) is 0 Å². The topological polar surface area (TPSA) is 105 Å². The summed E-state index contributed by atoms with van der Waals surface area (Å²) in [5, 5.41) is 5.48. The fourth-order valence-corrected chi connectivity index (χ4v) is 3.38. The van der Waals surface area contributed by atoms with E-state index in [9.17, 15) is 19.2 Å². The molecule has 8 nitrogen and oxygen atoms in total. The highest BCUT2D eigenvalue weighted by Gasteiger charge is 2.33. The molecule has 0 bridgehead atoms. The number of hydrogen-bond acceptors (Lipinski definition) is 5. The zero-order valence-corrected chi connectivity index (χ0v) is 17.3. The number of likely N-dealkylation sites (tertiary alicyclic amines) is 1. The number of carbonyl (C=O) groups is 4. The Bertz CT molecular complexity index is 961. The van der Waals surface area contributed by atoms with Crippen LogP contribution in [-0.4, -0.2) is 48.2 Å². The van der Waals surface area contributed by atoms with Crippen LogP contribution in [0.3, 0.4) is 0 Å². The first-order valence-corrected chi connectivity index (χ1v) is 10.1. The van der Waals surface area contributed by atoms with Gasteiger partial charge in [0.05, 0.1) is 5.92 Å². The molecule has 1 aliphatic heterocycles. The minimum Gasteiger partial charge on any atom is -0.427 e. The van der Waals surface area contributed by atoms with Gasteiger partial charge in [0.2, 0.25) is 11.8 Å². The molecule has 1 saturated heterocycles. The van der Waals surface area contributed by atoms with Gasteiger partial charge in [-0.15, -0.1) is 0 Å². The van der Waals surface area contributed by atoms with Crippen LogP contribution in [0.25, 0.3) is 0 Å². The van der Waals surface area contributed by atoms with E-state index in [0.717, 1.165) is 5.56 Å². The van der Waals surface area contributed by atoms with Crippen molar-refractivity contribution in [1.29, 1.82) is 0 Å². The Morgan fingerprint density at radius 3 is 2.52 bits per heavy atom. The first-order chi connectivity index (χ1) is 14.9. The van der Waals surface area contributed by atoms with Gasteiger partial charge in [0.15, 0.2) is 0 Å². The molecular formula is C23H25N3O5. The van der Waals surface area contributed by atoms with E-state index in [1.165, 1.54) is 13.0 Å². The van der Waals surface area contributed by atoms with Crippen molar-refractivity contribution >= 4 is 23.7 Å². The van der Waals surface area contributed by atoms with Gasteiger partial charge >= 0.3 is 5.97 Å². The third kappa shape index (κ3) is 6.40. The molecule has 0 spiro atoms. The smallest absolute Gasteiger partial charge is 0.308 e. The Morgan fingerprint density at radius 1 is 1.03 bits per heavy atom. The average Bonchev–Trinajstić information content (AvgIpc) is 3.11. The number of carbonyl (C=O) groups excluding carboxylic acids is 4. The Hall–Kier alpha value is -3.68. The third-order valence-electron chi connectivity index (χ3n) is 4.87. The lowest BCUT2D eigenvalue weighted by molar-refractivity contribution is -0.132.